The van der Waals surface area contributed by atoms with Crippen LogP contribution < -0.4 is 15.8 Å². The maximum Gasteiger partial charge on any atom is 0.329 e. The number of carboxylic acids is 1. The lowest BCUT2D eigenvalue weighted by atomic mass is 9.75. The first-order valence-electron chi connectivity index (χ1n) is 9.31. The quantitative estimate of drug-likeness (QED) is 0.679. The van der Waals surface area contributed by atoms with Crippen LogP contribution in [0.15, 0.2) is 24.3 Å². The summed E-state index contributed by atoms with van der Waals surface area (Å²) in [5, 5.41) is 13.4. The summed E-state index contributed by atoms with van der Waals surface area (Å²) < 4.78 is 5.15. The number of ether oxygens (including phenoxy) is 1. The third kappa shape index (κ3) is 3.96. The lowest BCUT2D eigenvalue weighted by Gasteiger charge is -2.36. The van der Waals surface area contributed by atoms with E-state index in [-0.39, 0.29) is 16.6 Å². The fraction of sp³-hybridized carbons (Fsp3) is 0.450. The van der Waals surface area contributed by atoms with Crippen LogP contribution in [0.1, 0.15) is 49.5 Å². The number of carboxylic acid groups (broad SMARTS) is 1. The first-order chi connectivity index (χ1) is 13.3. The van der Waals surface area contributed by atoms with Gasteiger partial charge in [0, 0.05) is 5.56 Å². The molecule has 2 aromatic rings. The van der Waals surface area contributed by atoms with Crippen molar-refractivity contribution in [2.45, 2.75) is 44.6 Å². The summed E-state index contributed by atoms with van der Waals surface area (Å²) in [5.74, 6) is -0.972. The van der Waals surface area contributed by atoms with Gasteiger partial charge in [0.2, 0.25) is 0 Å². The zero-order chi connectivity index (χ0) is 20.3. The third-order valence-corrected chi connectivity index (χ3v) is 6.38. The van der Waals surface area contributed by atoms with E-state index in [4.69, 9.17) is 10.5 Å². The Kier molecular flexibility index (Phi) is 5.88. The van der Waals surface area contributed by atoms with E-state index < -0.39 is 17.4 Å². The van der Waals surface area contributed by atoms with Crippen molar-refractivity contribution < 1.29 is 19.4 Å². The molecule has 0 radical (unpaired) electrons. The number of amides is 1. The number of nitrogens with one attached hydrogen (secondary N) is 1. The molecular formula is C20H25N3O4S. The normalized spacial score (nSPS) is 16.9. The van der Waals surface area contributed by atoms with Gasteiger partial charge in [-0.3, -0.25) is 4.79 Å². The van der Waals surface area contributed by atoms with E-state index in [1.54, 1.807) is 26.2 Å². The zero-order valence-electron chi connectivity index (χ0n) is 16.0. The van der Waals surface area contributed by atoms with Crippen molar-refractivity contribution in [3.05, 3.63) is 30.0 Å². The number of nitrogens with zero attached hydrogens (tertiary/aromatic N) is 1. The van der Waals surface area contributed by atoms with Gasteiger partial charge < -0.3 is 20.9 Å². The molecule has 7 nitrogen and oxygen atoms in total. The molecule has 0 unspecified atom stereocenters. The number of carbonyl (C=O) groups excluding carboxylic acids is 1. The van der Waals surface area contributed by atoms with E-state index in [0.29, 0.717) is 5.01 Å². The van der Waals surface area contributed by atoms with Gasteiger partial charge in [-0.05, 0) is 49.9 Å². The summed E-state index contributed by atoms with van der Waals surface area (Å²) in [6.45, 7) is 1.58. The minimum atomic E-state index is -1.34. The van der Waals surface area contributed by atoms with Crippen molar-refractivity contribution >= 4 is 28.2 Å². The Morgan fingerprint density at radius 3 is 2.46 bits per heavy atom. The van der Waals surface area contributed by atoms with Gasteiger partial charge in [0.1, 0.15) is 21.3 Å². The number of carbonyl (C=O) groups is 2. The molecule has 1 saturated carbocycles. The molecule has 150 valence electrons. The second-order valence-corrected chi connectivity index (χ2v) is 8.29. The molecule has 1 aliphatic carbocycles. The van der Waals surface area contributed by atoms with Crippen molar-refractivity contribution in [1.82, 2.24) is 10.3 Å². The van der Waals surface area contributed by atoms with E-state index in [2.05, 4.69) is 10.3 Å². The Morgan fingerprint density at radius 2 is 1.89 bits per heavy atom. The van der Waals surface area contributed by atoms with Gasteiger partial charge in [0.05, 0.1) is 7.11 Å². The first kappa shape index (κ1) is 20.1. The minimum absolute atomic E-state index is 0.0686. The lowest BCUT2D eigenvalue weighted by Crippen LogP contribution is -2.57. The second-order valence-electron chi connectivity index (χ2n) is 7.26. The highest BCUT2D eigenvalue weighted by Crippen LogP contribution is 2.35. The van der Waals surface area contributed by atoms with Crippen LogP contribution in [-0.2, 0) is 4.79 Å². The topological polar surface area (TPSA) is 115 Å². The number of aromatic nitrogens is 1. The van der Waals surface area contributed by atoms with Gasteiger partial charge >= 0.3 is 5.97 Å². The molecule has 1 aromatic carbocycles. The number of methoxy groups -OCH3 is 1. The van der Waals surface area contributed by atoms with Gasteiger partial charge in [-0.25, -0.2) is 9.78 Å². The van der Waals surface area contributed by atoms with Gasteiger partial charge in [0.25, 0.3) is 5.91 Å². The molecule has 3 rings (SSSR count). The van der Waals surface area contributed by atoms with Crippen LogP contribution in [0.25, 0.3) is 10.6 Å². The summed E-state index contributed by atoms with van der Waals surface area (Å²) in [6, 6.07) is 7.28. The second kappa shape index (κ2) is 8.18. The smallest absolute Gasteiger partial charge is 0.329 e. The molecule has 1 fully saturated rings. The number of aliphatic carboxylic acids is 1. The first-order valence-corrected chi connectivity index (χ1v) is 10.1. The Morgan fingerprint density at radius 1 is 1.25 bits per heavy atom. The van der Waals surface area contributed by atoms with E-state index in [9.17, 15) is 14.7 Å². The van der Waals surface area contributed by atoms with E-state index >= 15 is 0 Å². The third-order valence-electron chi connectivity index (χ3n) is 5.44. The summed E-state index contributed by atoms with van der Waals surface area (Å²) >= 11 is 1.20. The average molecular weight is 404 g/mol. The van der Waals surface area contributed by atoms with Crippen LogP contribution in [0, 0.1) is 5.92 Å². The molecule has 1 heterocycles. The van der Waals surface area contributed by atoms with Crippen molar-refractivity contribution in [3.8, 4) is 16.3 Å². The summed E-state index contributed by atoms with van der Waals surface area (Å²) in [5.41, 5.74) is 5.57. The highest BCUT2D eigenvalue weighted by Gasteiger charge is 2.43. The highest BCUT2D eigenvalue weighted by atomic mass is 32.1. The zero-order valence-corrected chi connectivity index (χ0v) is 16.8. The number of anilines is 1. The maximum atomic E-state index is 12.8. The predicted octanol–water partition coefficient (Wildman–Crippen LogP) is 3.55. The van der Waals surface area contributed by atoms with E-state index in [1.807, 2.05) is 12.1 Å². The Balaban J connectivity index is 1.83. The van der Waals surface area contributed by atoms with Gasteiger partial charge in [0.15, 0.2) is 5.69 Å². The Hall–Kier alpha value is -2.61. The van der Waals surface area contributed by atoms with Gasteiger partial charge in [-0.1, -0.05) is 30.6 Å². The highest BCUT2D eigenvalue weighted by molar-refractivity contribution is 7.19. The molecule has 1 atom stereocenters. The molecule has 0 spiro atoms. The average Bonchev–Trinajstić information content (AvgIpc) is 3.10. The maximum absolute atomic E-state index is 12.8. The summed E-state index contributed by atoms with van der Waals surface area (Å²) in [4.78, 5) is 29.2. The molecule has 0 saturated heterocycles. The van der Waals surface area contributed by atoms with Gasteiger partial charge in [-0.15, -0.1) is 0 Å². The SMILES string of the molecule is COc1ccc(-c2nc(C(=O)N[C@](C)(C(=O)O)C3CCCCC3)c(N)s2)cc1. The summed E-state index contributed by atoms with van der Waals surface area (Å²) in [6.07, 6.45) is 4.62. The monoisotopic (exact) mass is 403 g/mol. The number of rotatable bonds is 6. The number of thiazole rings is 1. The van der Waals surface area contributed by atoms with Crippen LogP contribution in [0.4, 0.5) is 5.00 Å². The van der Waals surface area contributed by atoms with Crippen molar-refractivity contribution in [3.63, 3.8) is 0 Å². The molecule has 8 heteroatoms. The molecule has 1 aromatic heterocycles. The van der Waals surface area contributed by atoms with Crippen molar-refractivity contribution in [1.29, 1.82) is 0 Å². The molecular weight excluding hydrogens is 378 g/mol. The molecule has 1 amide bonds. The molecule has 0 aliphatic heterocycles. The number of hydrogen-bond acceptors (Lipinski definition) is 6. The summed E-state index contributed by atoms with van der Waals surface area (Å²) in [7, 11) is 1.59. The minimum Gasteiger partial charge on any atom is -0.497 e. The van der Waals surface area contributed by atoms with Crippen molar-refractivity contribution in [2.24, 2.45) is 5.92 Å². The molecule has 1 aliphatic rings. The van der Waals surface area contributed by atoms with Crippen LogP contribution in [0.3, 0.4) is 0 Å². The van der Waals surface area contributed by atoms with Crippen LogP contribution >= 0.6 is 11.3 Å². The largest absolute Gasteiger partial charge is 0.497 e. The fourth-order valence-electron chi connectivity index (χ4n) is 3.66. The lowest BCUT2D eigenvalue weighted by molar-refractivity contribution is -0.146. The van der Waals surface area contributed by atoms with Gasteiger partial charge in [-0.2, -0.15) is 0 Å². The standard InChI is InChI=1S/C20H25N3O4S/c1-20(19(25)26,13-6-4-3-5-7-13)23-17(24)15-16(21)28-18(22-15)12-8-10-14(27-2)11-9-12/h8-11,13H,3-7,21H2,1-2H3,(H,23,24)(H,25,26)/t20-/m0/s1. The number of benzene rings is 1. The predicted molar refractivity (Wildman–Crippen MR) is 109 cm³/mol. The molecule has 28 heavy (non-hydrogen) atoms. The number of nitrogen functional groups attached to an aromatic ring is 1. The van der Waals surface area contributed by atoms with E-state index in [1.165, 1.54) is 11.3 Å². The van der Waals surface area contributed by atoms with Crippen LogP contribution in [0.5, 0.6) is 5.75 Å². The molecule has 4 N–H and O–H groups in total. The Bertz CT molecular complexity index is 859. The van der Waals surface area contributed by atoms with Crippen molar-refractivity contribution in [2.75, 3.05) is 12.8 Å². The number of nitrogens with two attached hydrogens (primary N) is 1. The fourth-order valence-corrected chi connectivity index (χ4v) is 4.49. The van der Waals surface area contributed by atoms with Crippen LogP contribution in [0.2, 0.25) is 0 Å². The van der Waals surface area contributed by atoms with Crippen LogP contribution in [-0.4, -0.2) is 34.6 Å². The Labute approximate surface area is 167 Å². The molecule has 0 bridgehead atoms. The number of hydrogen-bond donors (Lipinski definition) is 3. The van der Waals surface area contributed by atoms with E-state index in [0.717, 1.165) is 43.4 Å².